The molecule has 1 nitrogen and oxygen atoms in total. The Morgan fingerprint density at radius 1 is 1.56 bits per heavy atom. The van der Waals surface area contributed by atoms with Crippen LogP contribution in [0.15, 0.2) is 30.4 Å². The van der Waals surface area contributed by atoms with E-state index in [2.05, 4.69) is 47.5 Å². The van der Waals surface area contributed by atoms with Crippen LogP contribution >= 0.6 is 34.2 Å². The Labute approximate surface area is 116 Å². The van der Waals surface area contributed by atoms with Crippen LogP contribution in [-0.4, -0.2) is 7.05 Å². The highest BCUT2D eigenvalue weighted by Crippen LogP contribution is 2.27. The molecule has 0 aliphatic carbocycles. The average molecular weight is 350 g/mol. The summed E-state index contributed by atoms with van der Waals surface area (Å²) in [7, 11) is 1.99. The van der Waals surface area contributed by atoms with Gasteiger partial charge in [-0.3, -0.25) is 0 Å². The minimum atomic E-state index is 0.349. The molecule has 0 bridgehead atoms. The van der Waals surface area contributed by atoms with Crippen molar-refractivity contribution in [2.75, 3.05) is 7.05 Å². The molecule has 3 heteroatoms. The van der Waals surface area contributed by atoms with E-state index < -0.39 is 0 Å². The molecular weight excluding hydrogens is 333 g/mol. The molecule has 1 aromatic carbocycles. The Morgan fingerprint density at radius 3 is 2.81 bits per heavy atom. The molecule has 88 valence electrons. The maximum atomic E-state index is 6.03. The second-order valence-corrected chi connectivity index (χ2v) is 5.60. The maximum absolute atomic E-state index is 6.03. The normalized spacial score (nSPS) is 12.5. The minimum absolute atomic E-state index is 0.349. The topological polar surface area (TPSA) is 12.0 Å². The molecule has 0 aliphatic rings. The molecule has 16 heavy (non-hydrogen) atoms. The van der Waals surface area contributed by atoms with Crippen LogP contribution in [0.5, 0.6) is 0 Å². The van der Waals surface area contributed by atoms with E-state index in [1.165, 1.54) is 14.7 Å². The summed E-state index contributed by atoms with van der Waals surface area (Å²) in [5, 5.41) is 4.13. The Bertz CT molecular complexity index is 376. The molecule has 0 saturated heterocycles. The number of halogens is 2. The molecule has 0 saturated carbocycles. The second kappa shape index (κ2) is 6.62. The van der Waals surface area contributed by atoms with Gasteiger partial charge >= 0.3 is 0 Å². The number of nitrogens with one attached hydrogen (secondary N) is 1. The van der Waals surface area contributed by atoms with Crippen molar-refractivity contribution in [2.45, 2.75) is 25.8 Å². The highest BCUT2D eigenvalue weighted by molar-refractivity contribution is 14.1. The summed E-state index contributed by atoms with van der Waals surface area (Å²) in [6, 6.07) is 6.38. The Hall–Kier alpha value is -0.0600. The van der Waals surface area contributed by atoms with Gasteiger partial charge in [-0.25, -0.2) is 0 Å². The summed E-state index contributed by atoms with van der Waals surface area (Å²) in [6.07, 6.45) is 2.09. The first kappa shape index (κ1) is 14.0. The SMILES string of the molecule is C=C(C)CCC(NC)c1cc(Cl)ccc1I. The number of rotatable bonds is 5. The maximum Gasteiger partial charge on any atom is 0.0410 e. The molecule has 1 aromatic rings. The fourth-order valence-electron chi connectivity index (χ4n) is 1.63. The molecule has 1 unspecified atom stereocenters. The minimum Gasteiger partial charge on any atom is -0.313 e. The van der Waals surface area contributed by atoms with Gasteiger partial charge < -0.3 is 5.32 Å². The van der Waals surface area contributed by atoms with E-state index in [9.17, 15) is 0 Å². The molecule has 0 spiro atoms. The number of benzene rings is 1. The fourth-order valence-corrected chi connectivity index (χ4v) is 2.52. The lowest BCUT2D eigenvalue weighted by Gasteiger charge is -2.18. The molecule has 1 atom stereocenters. The van der Waals surface area contributed by atoms with Crippen molar-refractivity contribution in [1.29, 1.82) is 0 Å². The highest BCUT2D eigenvalue weighted by Gasteiger charge is 2.12. The molecule has 0 heterocycles. The van der Waals surface area contributed by atoms with Crippen molar-refractivity contribution >= 4 is 34.2 Å². The molecule has 0 radical (unpaired) electrons. The van der Waals surface area contributed by atoms with Crippen LogP contribution in [0.1, 0.15) is 31.4 Å². The van der Waals surface area contributed by atoms with Crippen LogP contribution in [0.25, 0.3) is 0 Å². The molecule has 1 rings (SSSR count). The van der Waals surface area contributed by atoms with Gasteiger partial charge in [0.1, 0.15) is 0 Å². The second-order valence-electron chi connectivity index (χ2n) is 4.00. The van der Waals surface area contributed by atoms with Crippen molar-refractivity contribution in [3.05, 3.63) is 44.5 Å². The van der Waals surface area contributed by atoms with Crippen LogP contribution in [0.3, 0.4) is 0 Å². The van der Waals surface area contributed by atoms with E-state index in [1.54, 1.807) is 0 Å². The van der Waals surface area contributed by atoms with Gasteiger partial charge in [0.05, 0.1) is 0 Å². The zero-order valence-electron chi connectivity index (χ0n) is 9.69. The zero-order valence-corrected chi connectivity index (χ0v) is 12.6. The first-order chi connectivity index (χ1) is 7.54. The van der Waals surface area contributed by atoms with E-state index in [0.717, 1.165) is 17.9 Å². The average Bonchev–Trinajstić information content (AvgIpc) is 2.23. The molecule has 0 aliphatic heterocycles. The Kier molecular flexibility index (Phi) is 5.79. The predicted octanol–water partition coefficient (Wildman–Crippen LogP) is 4.56. The number of hydrogen-bond donors (Lipinski definition) is 1. The summed E-state index contributed by atoms with van der Waals surface area (Å²) in [4.78, 5) is 0. The lowest BCUT2D eigenvalue weighted by Crippen LogP contribution is -2.17. The Morgan fingerprint density at radius 2 is 2.25 bits per heavy atom. The van der Waals surface area contributed by atoms with Crippen LogP contribution in [-0.2, 0) is 0 Å². The van der Waals surface area contributed by atoms with Gasteiger partial charge in [-0.05, 0) is 73.2 Å². The number of allylic oxidation sites excluding steroid dienone is 1. The van der Waals surface area contributed by atoms with Crippen molar-refractivity contribution in [3.8, 4) is 0 Å². The van der Waals surface area contributed by atoms with E-state index >= 15 is 0 Å². The van der Waals surface area contributed by atoms with Crippen LogP contribution in [0.4, 0.5) is 0 Å². The van der Waals surface area contributed by atoms with Gasteiger partial charge in [-0.2, -0.15) is 0 Å². The van der Waals surface area contributed by atoms with Crippen molar-refractivity contribution in [2.24, 2.45) is 0 Å². The van der Waals surface area contributed by atoms with Crippen LogP contribution in [0, 0.1) is 3.57 Å². The molecule has 0 aromatic heterocycles. The van der Waals surface area contributed by atoms with E-state index in [-0.39, 0.29) is 0 Å². The molecule has 0 amide bonds. The first-order valence-electron chi connectivity index (χ1n) is 5.31. The van der Waals surface area contributed by atoms with Gasteiger partial charge in [-0.1, -0.05) is 17.2 Å². The van der Waals surface area contributed by atoms with Crippen molar-refractivity contribution < 1.29 is 0 Å². The number of hydrogen-bond acceptors (Lipinski definition) is 1. The van der Waals surface area contributed by atoms with Crippen molar-refractivity contribution in [3.63, 3.8) is 0 Å². The Balaban J connectivity index is 2.85. The molecule has 1 N–H and O–H groups in total. The zero-order chi connectivity index (χ0) is 12.1. The quantitative estimate of drug-likeness (QED) is 0.607. The van der Waals surface area contributed by atoms with Crippen LogP contribution < -0.4 is 5.32 Å². The third-order valence-corrected chi connectivity index (χ3v) is 3.76. The van der Waals surface area contributed by atoms with Gasteiger partial charge in [0.2, 0.25) is 0 Å². The van der Waals surface area contributed by atoms with Gasteiger partial charge in [-0.15, -0.1) is 6.58 Å². The lowest BCUT2D eigenvalue weighted by molar-refractivity contribution is 0.546. The third kappa shape index (κ3) is 4.07. The summed E-state index contributed by atoms with van der Waals surface area (Å²) in [5.74, 6) is 0. The first-order valence-corrected chi connectivity index (χ1v) is 6.77. The van der Waals surface area contributed by atoms with Crippen LogP contribution in [0.2, 0.25) is 5.02 Å². The van der Waals surface area contributed by atoms with Gasteiger partial charge in [0.15, 0.2) is 0 Å². The van der Waals surface area contributed by atoms with E-state index in [0.29, 0.717) is 6.04 Å². The molecule has 0 fully saturated rings. The standard InChI is InChI=1S/C13H17ClIN/c1-9(2)4-7-13(16-3)11-8-10(14)5-6-12(11)15/h5-6,8,13,16H,1,4,7H2,2-3H3. The van der Waals surface area contributed by atoms with E-state index in [4.69, 9.17) is 11.6 Å². The monoisotopic (exact) mass is 349 g/mol. The summed E-state index contributed by atoms with van der Waals surface area (Å²) < 4.78 is 1.25. The highest BCUT2D eigenvalue weighted by atomic mass is 127. The summed E-state index contributed by atoms with van der Waals surface area (Å²) in [5.41, 5.74) is 2.49. The lowest BCUT2D eigenvalue weighted by atomic mass is 10.0. The fraction of sp³-hybridized carbons (Fsp3) is 0.385. The van der Waals surface area contributed by atoms with Gasteiger partial charge in [0.25, 0.3) is 0 Å². The smallest absolute Gasteiger partial charge is 0.0410 e. The third-order valence-electron chi connectivity index (χ3n) is 2.54. The molecular formula is C13H17ClIN. The predicted molar refractivity (Wildman–Crippen MR) is 80.0 cm³/mol. The van der Waals surface area contributed by atoms with Gasteiger partial charge in [0, 0.05) is 14.6 Å². The largest absolute Gasteiger partial charge is 0.313 e. The van der Waals surface area contributed by atoms with E-state index in [1.807, 2.05) is 19.2 Å². The summed E-state index contributed by atoms with van der Waals surface area (Å²) in [6.45, 7) is 6.00. The van der Waals surface area contributed by atoms with Crippen molar-refractivity contribution in [1.82, 2.24) is 5.32 Å². The summed E-state index contributed by atoms with van der Waals surface area (Å²) >= 11 is 8.38.